The molecule has 0 nitrogen and oxygen atoms in total. The Morgan fingerprint density at radius 2 is 0.457 bits per heavy atom. The van der Waals surface area contributed by atoms with Crippen molar-refractivity contribution in [1.29, 1.82) is 0 Å². The maximum absolute atomic E-state index is 2.45. The van der Waals surface area contributed by atoms with E-state index in [0.29, 0.717) is 0 Å². The first kappa shape index (κ1) is 29.3. The molecular weight excluding hydrogens is 553 g/mol. The fraction of sp³-hybridized carbons (Fsp3) is 0.0870. The standard InChI is InChI=1S/C46H38/c1-31-25-33(3)41(27-39(31)35-17-9-5-10-18-35)45-29-44(38-23-15-8-16-24-38)46(30-43(45)37-21-13-7-14-22-37)42-28-40(32(2)26-34(42)4)36-19-11-6-12-20-36/h5-30H,1-4H3. The zero-order valence-electron chi connectivity index (χ0n) is 27.0. The molecule has 0 bridgehead atoms. The highest BCUT2D eigenvalue weighted by molar-refractivity contribution is 5.97. The average molecular weight is 591 g/mol. The Kier molecular flexibility index (Phi) is 7.95. The number of aryl methyl sites for hydroxylation is 4. The Labute approximate surface area is 273 Å². The van der Waals surface area contributed by atoms with Crippen LogP contribution < -0.4 is 0 Å². The van der Waals surface area contributed by atoms with E-state index < -0.39 is 0 Å². The summed E-state index contributed by atoms with van der Waals surface area (Å²) in [6, 6.07) is 57.6. The lowest BCUT2D eigenvalue weighted by Gasteiger charge is -2.22. The van der Waals surface area contributed by atoms with Gasteiger partial charge in [-0.05, 0) is 141 Å². The molecule has 0 radical (unpaired) electrons. The number of hydrogen-bond donors (Lipinski definition) is 0. The van der Waals surface area contributed by atoms with Crippen molar-refractivity contribution in [2.45, 2.75) is 27.7 Å². The predicted molar refractivity (Wildman–Crippen MR) is 198 cm³/mol. The monoisotopic (exact) mass is 590 g/mol. The Balaban J connectivity index is 1.55. The van der Waals surface area contributed by atoms with Gasteiger partial charge < -0.3 is 0 Å². The normalized spacial score (nSPS) is 11.0. The van der Waals surface area contributed by atoms with Gasteiger partial charge >= 0.3 is 0 Å². The second kappa shape index (κ2) is 12.5. The molecule has 0 amide bonds. The van der Waals surface area contributed by atoms with Gasteiger partial charge in [0.1, 0.15) is 0 Å². The Morgan fingerprint density at radius 3 is 0.761 bits per heavy atom. The van der Waals surface area contributed by atoms with Crippen LogP contribution in [-0.4, -0.2) is 0 Å². The van der Waals surface area contributed by atoms with Gasteiger partial charge in [0, 0.05) is 0 Å². The third-order valence-corrected chi connectivity index (χ3v) is 9.22. The summed E-state index contributed by atoms with van der Waals surface area (Å²) < 4.78 is 0. The van der Waals surface area contributed by atoms with Crippen molar-refractivity contribution in [3.8, 4) is 66.8 Å². The van der Waals surface area contributed by atoms with Gasteiger partial charge in [-0.1, -0.05) is 133 Å². The van der Waals surface area contributed by atoms with Crippen LogP contribution in [0.3, 0.4) is 0 Å². The molecule has 222 valence electrons. The van der Waals surface area contributed by atoms with Crippen LogP contribution in [0.25, 0.3) is 66.8 Å². The smallest absolute Gasteiger partial charge is 0.00959 e. The molecule has 7 rings (SSSR count). The fourth-order valence-electron chi connectivity index (χ4n) is 6.90. The Morgan fingerprint density at radius 1 is 0.217 bits per heavy atom. The van der Waals surface area contributed by atoms with Crippen molar-refractivity contribution in [3.05, 3.63) is 180 Å². The average Bonchev–Trinajstić information content (AvgIpc) is 3.09. The molecule has 0 fully saturated rings. The third kappa shape index (κ3) is 5.59. The van der Waals surface area contributed by atoms with Crippen LogP contribution in [0.5, 0.6) is 0 Å². The molecule has 0 heteroatoms. The van der Waals surface area contributed by atoms with E-state index in [2.05, 4.69) is 185 Å². The van der Waals surface area contributed by atoms with Crippen LogP contribution in [-0.2, 0) is 0 Å². The first-order valence-corrected chi connectivity index (χ1v) is 16.1. The van der Waals surface area contributed by atoms with E-state index in [0.717, 1.165) is 0 Å². The van der Waals surface area contributed by atoms with Gasteiger partial charge in [0.15, 0.2) is 0 Å². The van der Waals surface area contributed by atoms with Crippen molar-refractivity contribution < 1.29 is 0 Å². The lowest BCUT2D eigenvalue weighted by atomic mass is 9.82. The van der Waals surface area contributed by atoms with Gasteiger partial charge in [0.05, 0.1) is 0 Å². The minimum absolute atomic E-state index is 1.22. The second-order valence-corrected chi connectivity index (χ2v) is 12.4. The van der Waals surface area contributed by atoms with E-state index in [1.165, 1.54) is 89.0 Å². The predicted octanol–water partition coefficient (Wildman–Crippen LogP) is 12.9. The lowest BCUT2D eigenvalue weighted by Crippen LogP contribution is -1.97. The Bertz CT molecular complexity index is 1980. The van der Waals surface area contributed by atoms with Gasteiger partial charge in [-0.25, -0.2) is 0 Å². The van der Waals surface area contributed by atoms with Crippen molar-refractivity contribution >= 4 is 0 Å². The van der Waals surface area contributed by atoms with Crippen molar-refractivity contribution in [3.63, 3.8) is 0 Å². The van der Waals surface area contributed by atoms with Gasteiger partial charge in [-0.2, -0.15) is 0 Å². The van der Waals surface area contributed by atoms with Crippen LogP contribution in [0.4, 0.5) is 0 Å². The topological polar surface area (TPSA) is 0 Å². The SMILES string of the molecule is Cc1cc(C)c(-c2cc(-c3ccccc3)c(-c3cc(-c4ccccc4)c(C)cc3C)cc2-c2ccccc2)cc1-c1ccccc1. The molecule has 0 heterocycles. The maximum Gasteiger partial charge on any atom is -0.00959 e. The molecule has 0 spiro atoms. The third-order valence-electron chi connectivity index (χ3n) is 9.22. The minimum atomic E-state index is 1.22. The molecule has 7 aromatic carbocycles. The van der Waals surface area contributed by atoms with Crippen LogP contribution in [0.2, 0.25) is 0 Å². The van der Waals surface area contributed by atoms with E-state index in [-0.39, 0.29) is 0 Å². The Hall–Kier alpha value is -5.46. The van der Waals surface area contributed by atoms with Crippen LogP contribution in [0.1, 0.15) is 22.3 Å². The van der Waals surface area contributed by atoms with Crippen molar-refractivity contribution in [1.82, 2.24) is 0 Å². The number of hydrogen-bond acceptors (Lipinski definition) is 0. The van der Waals surface area contributed by atoms with E-state index in [1.54, 1.807) is 0 Å². The first-order chi connectivity index (χ1) is 22.5. The van der Waals surface area contributed by atoms with E-state index >= 15 is 0 Å². The van der Waals surface area contributed by atoms with Gasteiger partial charge in [0.25, 0.3) is 0 Å². The molecule has 0 aliphatic heterocycles. The highest BCUT2D eigenvalue weighted by Crippen LogP contribution is 2.45. The molecule has 0 aliphatic carbocycles. The number of rotatable bonds is 6. The fourth-order valence-corrected chi connectivity index (χ4v) is 6.90. The summed E-state index contributed by atoms with van der Waals surface area (Å²) in [5.74, 6) is 0. The zero-order chi connectivity index (χ0) is 31.6. The summed E-state index contributed by atoms with van der Waals surface area (Å²) in [7, 11) is 0. The summed E-state index contributed by atoms with van der Waals surface area (Å²) >= 11 is 0. The highest BCUT2D eigenvalue weighted by Gasteiger charge is 2.20. The molecule has 0 saturated heterocycles. The van der Waals surface area contributed by atoms with Crippen LogP contribution in [0, 0.1) is 27.7 Å². The molecule has 0 aliphatic rings. The molecule has 0 unspecified atom stereocenters. The highest BCUT2D eigenvalue weighted by atomic mass is 14.2. The molecule has 0 N–H and O–H groups in total. The number of benzene rings is 7. The van der Waals surface area contributed by atoms with Gasteiger partial charge in [0.2, 0.25) is 0 Å². The van der Waals surface area contributed by atoms with Gasteiger partial charge in [-0.3, -0.25) is 0 Å². The first-order valence-electron chi connectivity index (χ1n) is 16.1. The summed E-state index contributed by atoms with van der Waals surface area (Å²) in [4.78, 5) is 0. The summed E-state index contributed by atoms with van der Waals surface area (Å²) in [5.41, 5.74) is 20.1. The summed E-state index contributed by atoms with van der Waals surface area (Å²) in [6.07, 6.45) is 0. The van der Waals surface area contributed by atoms with Crippen molar-refractivity contribution in [2.75, 3.05) is 0 Å². The zero-order valence-corrected chi connectivity index (χ0v) is 27.0. The minimum Gasteiger partial charge on any atom is -0.0622 e. The van der Waals surface area contributed by atoms with Crippen molar-refractivity contribution in [2.24, 2.45) is 0 Å². The molecule has 0 atom stereocenters. The molecule has 46 heavy (non-hydrogen) atoms. The van der Waals surface area contributed by atoms with E-state index in [4.69, 9.17) is 0 Å². The summed E-state index contributed by atoms with van der Waals surface area (Å²) in [5, 5.41) is 0. The van der Waals surface area contributed by atoms with E-state index in [1.807, 2.05) is 0 Å². The maximum atomic E-state index is 2.45. The molecule has 0 aromatic heterocycles. The quantitative estimate of drug-likeness (QED) is 0.181. The van der Waals surface area contributed by atoms with Gasteiger partial charge in [-0.15, -0.1) is 0 Å². The van der Waals surface area contributed by atoms with Crippen LogP contribution in [0.15, 0.2) is 158 Å². The molecule has 7 aromatic rings. The van der Waals surface area contributed by atoms with Crippen LogP contribution >= 0.6 is 0 Å². The van der Waals surface area contributed by atoms with E-state index in [9.17, 15) is 0 Å². The summed E-state index contributed by atoms with van der Waals surface area (Å²) in [6.45, 7) is 8.94. The lowest BCUT2D eigenvalue weighted by molar-refractivity contribution is 1.37. The second-order valence-electron chi connectivity index (χ2n) is 12.4. The largest absolute Gasteiger partial charge is 0.0622 e. The molecular formula is C46H38. The molecule has 0 saturated carbocycles.